The summed E-state index contributed by atoms with van der Waals surface area (Å²) in [7, 11) is 3.72. The minimum absolute atomic E-state index is 0.0000437. The van der Waals surface area contributed by atoms with Gasteiger partial charge in [0.2, 0.25) is 5.91 Å². The lowest BCUT2D eigenvalue weighted by molar-refractivity contribution is -0.122. The number of carbonyl (C=O) groups is 2. The number of aromatic amines is 1. The predicted molar refractivity (Wildman–Crippen MR) is 91.7 cm³/mol. The fraction of sp³-hybridized carbons (Fsp3) is 0.471. The topological polar surface area (TPSA) is 81.3 Å². The van der Waals surface area contributed by atoms with Gasteiger partial charge in [-0.25, -0.2) is 0 Å². The molecule has 128 valence electrons. The lowest BCUT2D eigenvalue weighted by Crippen LogP contribution is -2.42. The van der Waals surface area contributed by atoms with Gasteiger partial charge in [-0.05, 0) is 39.6 Å². The molecule has 7 heteroatoms. The Labute approximate surface area is 141 Å². The van der Waals surface area contributed by atoms with Crippen molar-refractivity contribution in [3.63, 3.8) is 0 Å². The minimum Gasteiger partial charge on any atom is -0.350 e. The number of likely N-dealkylation sites (tertiary alicyclic amines) is 1. The molecular formula is C17H23N5O2. The number of carbonyl (C=O) groups excluding carboxylic acids is 2. The normalized spacial score (nSPS) is 20.8. The molecule has 1 aliphatic rings. The van der Waals surface area contributed by atoms with Gasteiger partial charge in [0.1, 0.15) is 0 Å². The van der Waals surface area contributed by atoms with Crippen LogP contribution in [0.1, 0.15) is 23.7 Å². The number of rotatable bonds is 4. The van der Waals surface area contributed by atoms with E-state index in [2.05, 4.69) is 15.5 Å². The van der Waals surface area contributed by atoms with Gasteiger partial charge in [0, 0.05) is 24.0 Å². The van der Waals surface area contributed by atoms with Crippen LogP contribution in [0.4, 0.5) is 0 Å². The molecule has 2 atom stereocenters. The van der Waals surface area contributed by atoms with E-state index in [-0.39, 0.29) is 23.9 Å². The van der Waals surface area contributed by atoms with Crippen LogP contribution in [0.3, 0.4) is 0 Å². The number of hydrogen-bond donors (Lipinski definition) is 2. The Morgan fingerprint density at radius 3 is 2.96 bits per heavy atom. The molecule has 0 aliphatic carbocycles. The van der Waals surface area contributed by atoms with Gasteiger partial charge in [-0.15, -0.1) is 0 Å². The van der Waals surface area contributed by atoms with E-state index in [1.807, 2.05) is 49.0 Å². The number of aromatic nitrogens is 2. The van der Waals surface area contributed by atoms with Gasteiger partial charge >= 0.3 is 0 Å². The number of fused-ring (bicyclic) bond motifs is 1. The third-order valence-electron chi connectivity index (χ3n) is 4.38. The van der Waals surface area contributed by atoms with Gasteiger partial charge in [-0.2, -0.15) is 5.10 Å². The Morgan fingerprint density at radius 2 is 2.21 bits per heavy atom. The van der Waals surface area contributed by atoms with E-state index in [1.54, 1.807) is 6.20 Å². The smallest absolute Gasteiger partial charge is 0.254 e. The summed E-state index contributed by atoms with van der Waals surface area (Å²) in [5.74, 6) is -0.0257. The summed E-state index contributed by atoms with van der Waals surface area (Å²) in [4.78, 5) is 28.5. The molecule has 2 heterocycles. The molecule has 0 bridgehead atoms. The average molecular weight is 329 g/mol. The maximum Gasteiger partial charge on any atom is 0.254 e. The molecule has 0 radical (unpaired) electrons. The Bertz CT molecular complexity index is 754. The van der Waals surface area contributed by atoms with Crippen molar-refractivity contribution in [3.8, 4) is 0 Å². The molecule has 3 rings (SSSR count). The van der Waals surface area contributed by atoms with E-state index in [0.29, 0.717) is 18.7 Å². The van der Waals surface area contributed by atoms with Gasteiger partial charge < -0.3 is 15.1 Å². The molecule has 2 unspecified atom stereocenters. The molecule has 2 amide bonds. The van der Waals surface area contributed by atoms with Crippen LogP contribution in [0.5, 0.6) is 0 Å². The molecule has 2 N–H and O–H groups in total. The van der Waals surface area contributed by atoms with E-state index in [4.69, 9.17) is 0 Å². The molecule has 1 saturated heterocycles. The van der Waals surface area contributed by atoms with Crippen molar-refractivity contribution in [2.75, 3.05) is 27.2 Å². The van der Waals surface area contributed by atoms with Gasteiger partial charge in [0.05, 0.1) is 23.8 Å². The number of benzene rings is 1. The zero-order valence-corrected chi connectivity index (χ0v) is 14.2. The second-order valence-corrected chi connectivity index (χ2v) is 6.68. The molecule has 7 nitrogen and oxygen atoms in total. The number of H-pyrrole nitrogens is 1. The quantitative estimate of drug-likeness (QED) is 0.871. The molecule has 24 heavy (non-hydrogen) atoms. The number of nitrogens with one attached hydrogen (secondary N) is 2. The highest BCUT2D eigenvalue weighted by atomic mass is 16.2. The Hall–Kier alpha value is -2.41. The lowest BCUT2D eigenvalue weighted by Gasteiger charge is -2.22. The summed E-state index contributed by atoms with van der Waals surface area (Å²) >= 11 is 0. The summed E-state index contributed by atoms with van der Waals surface area (Å²) in [6.07, 6.45) is 2.45. The van der Waals surface area contributed by atoms with E-state index < -0.39 is 0 Å². The summed E-state index contributed by atoms with van der Waals surface area (Å²) < 4.78 is 0. The highest BCUT2D eigenvalue weighted by molar-refractivity contribution is 6.06. The second-order valence-electron chi connectivity index (χ2n) is 6.68. The summed E-state index contributed by atoms with van der Waals surface area (Å²) in [5.41, 5.74) is 1.50. The van der Waals surface area contributed by atoms with Crippen LogP contribution in [0.15, 0.2) is 24.4 Å². The van der Waals surface area contributed by atoms with Crippen LogP contribution in [0.2, 0.25) is 0 Å². The molecule has 1 aromatic heterocycles. The third-order valence-corrected chi connectivity index (χ3v) is 4.38. The summed E-state index contributed by atoms with van der Waals surface area (Å²) in [6.45, 7) is 2.91. The first-order chi connectivity index (χ1) is 11.5. The number of likely N-dealkylation sites (N-methyl/N-ethyl adjacent to an activating group) is 1. The van der Waals surface area contributed by atoms with Crippen molar-refractivity contribution < 1.29 is 9.59 Å². The molecule has 0 spiro atoms. The summed E-state index contributed by atoms with van der Waals surface area (Å²) in [5, 5.41) is 10.7. The van der Waals surface area contributed by atoms with Crippen LogP contribution in [-0.4, -0.2) is 71.1 Å². The molecule has 1 aliphatic heterocycles. The first kappa shape index (κ1) is 16.4. The number of amides is 2. The Morgan fingerprint density at radius 1 is 1.42 bits per heavy atom. The van der Waals surface area contributed by atoms with Crippen molar-refractivity contribution in [2.24, 2.45) is 0 Å². The molecule has 2 aromatic rings. The molecular weight excluding hydrogens is 306 g/mol. The van der Waals surface area contributed by atoms with Crippen molar-refractivity contribution in [1.29, 1.82) is 0 Å². The fourth-order valence-electron chi connectivity index (χ4n) is 3.29. The lowest BCUT2D eigenvalue weighted by atomic mass is 10.1. The maximum absolute atomic E-state index is 12.9. The van der Waals surface area contributed by atoms with Crippen molar-refractivity contribution in [2.45, 2.75) is 25.4 Å². The van der Waals surface area contributed by atoms with Gasteiger partial charge in [0.25, 0.3) is 5.91 Å². The predicted octanol–water partition coefficient (Wildman–Crippen LogP) is 0.844. The standard InChI is InChI=1S/C17H23N5O2/c1-11-7-12(19-16(23)10-21(2)3)9-22(11)17(24)13-5-4-6-15-14(13)8-18-20-15/h4-6,8,11-12H,7,9-10H2,1-3H3,(H,18,20)(H,19,23). The molecule has 1 fully saturated rings. The van der Waals surface area contributed by atoms with Gasteiger partial charge in [-0.3, -0.25) is 14.7 Å². The van der Waals surface area contributed by atoms with Crippen LogP contribution < -0.4 is 5.32 Å². The molecule has 1 aromatic carbocycles. The van der Waals surface area contributed by atoms with E-state index in [9.17, 15) is 9.59 Å². The Balaban J connectivity index is 1.72. The fourth-order valence-corrected chi connectivity index (χ4v) is 3.29. The van der Waals surface area contributed by atoms with Crippen LogP contribution in [0, 0.1) is 0 Å². The monoisotopic (exact) mass is 329 g/mol. The van der Waals surface area contributed by atoms with Crippen LogP contribution in [-0.2, 0) is 4.79 Å². The summed E-state index contributed by atoms with van der Waals surface area (Å²) in [6, 6.07) is 5.66. The number of hydrogen-bond acceptors (Lipinski definition) is 4. The van der Waals surface area contributed by atoms with Crippen molar-refractivity contribution in [3.05, 3.63) is 30.0 Å². The zero-order valence-electron chi connectivity index (χ0n) is 14.2. The van der Waals surface area contributed by atoms with E-state index >= 15 is 0 Å². The SMILES string of the molecule is CC1CC(NC(=O)CN(C)C)CN1C(=O)c1cccc2[nH]ncc12. The average Bonchev–Trinajstić information content (AvgIpc) is 3.11. The first-order valence-corrected chi connectivity index (χ1v) is 8.13. The maximum atomic E-state index is 12.9. The van der Waals surface area contributed by atoms with Gasteiger partial charge in [-0.1, -0.05) is 6.07 Å². The second kappa shape index (κ2) is 6.60. The Kier molecular flexibility index (Phi) is 4.53. The van der Waals surface area contributed by atoms with Gasteiger partial charge in [0.15, 0.2) is 0 Å². The number of nitrogens with zero attached hydrogens (tertiary/aromatic N) is 3. The van der Waals surface area contributed by atoms with Crippen molar-refractivity contribution in [1.82, 2.24) is 25.3 Å². The highest BCUT2D eigenvalue weighted by Gasteiger charge is 2.34. The third kappa shape index (κ3) is 3.26. The minimum atomic E-state index is -0.0149. The molecule has 0 saturated carbocycles. The van der Waals surface area contributed by atoms with Crippen LogP contribution in [0.25, 0.3) is 10.9 Å². The highest BCUT2D eigenvalue weighted by Crippen LogP contribution is 2.24. The van der Waals surface area contributed by atoms with Crippen LogP contribution >= 0.6 is 0 Å². The first-order valence-electron chi connectivity index (χ1n) is 8.13. The van der Waals surface area contributed by atoms with Crippen molar-refractivity contribution >= 4 is 22.7 Å². The van der Waals surface area contributed by atoms with E-state index in [1.165, 1.54) is 0 Å². The zero-order chi connectivity index (χ0) is 17.3. The largest absolute Gasteiger partial charge is 0.350 e. The van der Waals surface area contributed by atoms with E-state index in [0.717, 1.165) is 17.3 Å².